The van der Waals surface area contributed by atoms with Gasteiger partial charge in [0, 0.05) is 18.2 Å². The highest BCUT2D eigenvalue weighted by Crippen LogP contribution is 2.31. The first kappa shape index (κ1) is 20.6. The molecule has 0 saturated heterocycles. The first-order valence-corrected chi connectivity index (χ1v) is 10.2. The van der Waals surface area contributed by atoms with Crippen LogP contribution in [0.5, 0.6) is 5.75 Å². The third-order valence-electron chi connectivity index (χ3n) is 5.57. The summed E-state index contributed by atoms with van der Waals surface area (Å²) in [5.74, 6) is 0.767. The van der Waals surface area contributed by atoms with Crippen molar-refractivity contribution in [3.8, 4) is 5.75 Å². The molecule has 4 rings (SSSR count). The van der Waals surface area contributed by atoms with Crippen LogP contribution in [0.1, 0.15) is 35.7 Å². The molecule has 31 heavy (non-hydrogen) atoms. The Morgan fingerprint density at radius 1 is 0.871 bits per heavy atom. The van der Waals surface area contributed by atoms with Crippen molar-refractivity contribution < 1.29 is 9.66 Å². The van der Waals surface area contributed by atoms with Crippen LogP contribution in [0.2, 0.25) is 0 Å². The smallest absolute Gasteiger partial charge is 0.269 e. The van der Waals surface area contributed by atoms with E-state index in [1.54, 1.807) is 19.2 Å². The molecule has 0 aliphatic carbocycles. The van der Waals surface area contributed by atoms with E-state index in [9.17, 15) is 10.1 Å². The molecule has 0 saturated carbocycles. The van der Waals surface area contributed by atoms with E-state index in [0.717, 1.165) is 16.9 Å². The minimum Gasteiger partial charge on any atom is -0.497 e. The molecule has 0 aliphatic heterocycles. The zero-order chi connectivity index (χ0) is 21.8. The Morgan fingerprint density at radius 2 is 1.58 bits per heavy atom. The van der Waals surface area contributed by atoms with Crippen LogP contribution in [0, 0.1) is 10.1 Å². The van der Waals surface area contributed by atoms with E-state index in [-0.39, 0.29) is 22.7 Å². The maximum absolute atomic E-state index is 11.4. The first-order valence-electron chi connectivity index (χ1n) is 10.2. The summed E-state index contributed by atoms with van der Waals surface area (Å²) in [5.41, 5.74) is 3.11. The molecule has 0 aliphatic rings. The van der Waals surface area contributed by atoms with E-state index in [4.69, 9.17) is 4.74 Å². The Morgan fingerprint density at radius 3 is 2.32 bits per heavy atom. The van der Waals surface area contributed by atoms with Crippen molar-refractivity contribution in [2.75, 3.05) is 7.11 Å². The van der Waals surface area contributed by atoms with Crippen molar-refractivity contribution in [2.45, 2.75) is 19.0 Å². The Kier molecular flexibility index (Phi) is 5.96. The number of non-ortho nitro benzene ring substituents is 1. The minimum absolute atomic E-state index is 0.0115. The number of hydrogen-bond donors (Lipinski definition) is 1. The number of hydrogen-bond acceptors (Lipinski definition) is 4. The summed E-state index contributed by atoms with van der Waals surface area (Å²) in [7, 11) is 1.63. The topological polar surface area (TPSA) is 64.4 Å². The molecule has 5 nitrogen and oxygen atoms in total. The summed E-state index contributed by atoms with van der Waals surface area (Å²) >= 11 is 0. The third kappa shape index (κ3) is 4.42. The van der Waals surface area contributed by atoms with E-state index in [1.165, 1.54) is 22.4 Å². The molecule has 1 N–H and O–H groups in total. The molecule has 4 aromatic carbocycles. The molecular formula is C26H24N2O3. The maximum Gasteiger partial charge on any atom is 0.269 e. The van der Waals surface area contributed by atoms with Crippen LogP contribution >= 0.6 is 0 Å². The molecule has 0 bridgehead atoms. The fourth-order valence-corrected chi connectivity index (χ4v) is 3.97. The second-order valence-electron chi connectivity index (χ2n) is 7.51. The number of nitrogens with zero attached hydrogens (tertiary/aromatic N) is 1. The minimum atomic E-state index is -0.358. The highest BCUT2D eigenvalue weighted by atomic mass is 16.6. The number of ether oxygens (including phenoxy) is 1. The second-order valence-corrected chi connectivity index (χ2v) is 7.51. The largest absolute Gasteiger partial charge is 0.497 e. The summed E-state index contributed by atoms with van der Waals surface area (Å²) in [6.07, 6.45) is 0. The Bertz CT molecular complexity index is 1200. The molecule has 1 unspecified atom stereocenters. The van der Waals surface area contributed by atoms with Gasteiger partial charge >= 0.3 is 0 Å². The van der Waals surface area contributed by atoms with Gasteiger partial charge in [0.1, 0.15) is 5.75 Å². The quantitative estimate of drug-likeness (QED) is 0.290. The monoisotopic (exact) mass is 412 g/mol. The van der Waals surface area contributed by atoms with E-state index in [2.05, 4.69) is 42.6 Å². The van der Waals surface area contributed by atoms with Gasteiger partial charge in [-0.3, -0.25) is 15.4 Å². The Balaban J connectivity index is 1.75. The molecule has 0 aromatic heterocycles. The van der Waals surface area contributed by atoms with Gasteiger partial charge in [0.05, 0.1) is 18.1 Å². The number of nitro groups is 1. The van der Waals surface area contributed by atoms with Crippen LogP contribution in [0.25, 0.3) is 10.8 Å². The highest BCUT2D eigenvalue weighted by molar-refractivity contribution is 5.86. The van der Waals surface area contributed by atoms with Crippen molar-refractivity contribution in [1.29, 1.82) is 0 Å². The van der Waals surface area contributed by atoms with Gasteiger partial charge < -0.3 is 4.74 Å². The van der Waals surface area contributed by atoms with E-state index < -0.39 is 0 Å². The van der Waals surface area contributed by atoms with Crippen LogP contribution in [0.4, 0.5) is 5.69 Å². The lowest BCUT2D eigenvalue weighted by Crippen LogP contribution is -2.26. The van der Waals surface area contributed by atoms with E-state index >= 15 is 0 Å². The summed E-state index contributed by atoms with van der Waals surface area (Å²) < 4.78 is 5.29. The number of rotatable bonds is 7. The fourth-order valence-electron chi connectivity index (χ4n) is 3.97. The summed E-state index contributed by atoms with van der Waals surface area (Å²) in [4.78, 5) is 11.0. The normalized spacial score (nSPS) is 13.0. The average molecular weight is 412 g/mol. The molecule has 4 aromatic rings. The molecule has 0 heterocycles. The summed E-state index contributed by atoms with van der Waals surface area (Å²) in [5, 5.41) is 17.4. The predicted molar refractivity (Wildman–Crippen MR) is 123 cm³/mol. The van der Waals surface area contributed by atoms with Gasteiger partial charge in [-0.25, -0.2) is 0 Å². The third-order valence-corrected chi connectivity index (χ3v) is 5.57. The lowest BCUT2D eigenvalue weighted by atomic mass is 9.94. The standard InChI is InChI=1S/C26H24N2O3/c1-18(24-12-6-8-19-7-3-4-11-25(19)24)27-26(20-13-15-23(31-2)16-14-20)21-9-5-10-22(17-21)28(29)30/h3-18,26-27H,1-2H3/t18-,26?/m1/s1. The molecule has 0 fully saturated rings. The summed E-state index contributed by atoms with van der Waals surface area (Å²) in [6, 6.07) is 29.0. The molecule has 156 valence electrons. The zero-order valence-corrected chi connectivity index (χ0v) is 17.5. The zero-order valence-electron chi connectivity index (χ0n) is 17.5. The number of benzene rings is 4. The van der Waals surface area contributed by atoms with Crippen LogP contribution in [-0.4, -0.2) is 12.0 Å². The lowest BCUT2D eigenvalue weighted by molar-refractivity contribution is -0.384. The SMILES string of the molecule is COc1ccc(C(N[C@H](C)c2cccc3ccccc23)c2cccc([N+](=O)[O-])c2)cc1. The van der Waals surface area contributed by atoms with Crippen molar-refractivity contribution in [1.82, 2.24) is 5.32 Å². The van der Waals surface area contributed by atoms with Gasteiger partial charge in [0.2, 0.25) is 0 Å². The molecular weight excluding hydrogens is 388 g/mol. The number of nitro benzene ring substituents is 1. The number of nitrogens with one attached hydrogen (secondary N) is 1. The second kappa shape index (κ2) is 8.98. The van der Waals surface area contributed by atoms with E-state index in [0.29, 0.717) is 0 Å². The molecule has 5 heteroatoms. The predicted octanol–water partition coefficient (Wildman–Crippen LogP) is 6.20. The van der Waals surface area contributed by atoms with Gasteiger partial charge in [0.15, 0.2) is 0 Å². The molecule has 2 atom stereocenters. The van der Waals surface area contributed by atoms with Crippen molar-refractivity contribution in [3.63, 3.8) is 0 Å². The number of methoxy groups -OCH3 is 1. The van der Waals surface area contributed by atoms with Crippen molar-refractivity contribution in [3.05, 3.63) is 118 Å². The van der Waals surface area contributed by atoms with Gasteiger partial charge in [-0.1, -0.05) is 66.7 Å². The van der Waals surface area contributed by atoms with Crippen LogP contribution < -0.4 is 10.1 Å². The van der Waals surface area contributed by atoms with Gasteiger partial charge in [-0.05, 0) is 46.5 Å². The van der Waals surface area contributed by atoms with Crippen molar-refractivity contribution in [2.24, 2.45) is 0 Å². The maximum atomic E-state index is 11.4. The Hall–Kier alpha value is -3.70. The highest BCUT2D eigenvalue weighted by Gasteiger charge is 2.21. The van der Waals surface area contributed by atoms with Gasteiger partial charge in [-0.2, -0.15) is 0 Å². The molecule has 0 spiro atoms. The number of fused-ring (bicyclic) bond motifs is 1. The van der Waals surface area contributed by atoms with Crippen LogP contribution in [0.15, 0.2) is 91.0 Å². The Labute approximate surface area is 181 Å². The molecule has 0 radical (unpaired) electrons. The van der Waals surface area contributed by atoms with Crippen LogP contribution in [-0.2, 0) is 0 Å². The van der Waals surface area contributed by atoms with Crippen LogP contribution in [0.3, 0.4) is 0 Å². The fraction of sp³-hybridized carbons (Fsp3) is 0.154. The van der Waals surface area contributed by atoms with E-state index in [1.807, 2.05) is 42.5 Å². The lowest BCUT2D eigenvalue weighted by Gasteiger charge is -2.25. The average Bonchev–Trinajstić information content (AvgIpc) is 2.82. The first-order chi connectivity index (χ1) is 15.1. The van der Waals surface area contributed by atoms with Crippen molar-refractivity contribution >= 4 is 16.5 Å². The van der Waals surface area contributed by atoms with Gasteiger partial charge in [-0.15, -0.1) is 0 Å². The summed E-state index contributed by atoms with van der Waals surface area (Å²) in [6.45, 7) is 2.12. The van der Waals surface area contributed by atoms with Gasteiger partial charge in [0.25, 0.3) is 5.69 Å². The molecule has 0 amide bonds.